The molecule has 0 aliphatic rings. The van der Waals surface area contributed by atoms with Crippen LogP contribution < -0.4 is 0 Å². The molecule has 0 aromatic rings. The maximum Gasteiger partial charge on any atom is 0.303 e. The van der Waals surface area contributed by atoms with Crippen LogP contribution in [0.2, 0.25) is 0 Å². The van der Waals surface area contributed by atoms with Crippen molar-refractivity contribution in [1.29, 1.82) is 0 Å². The second-order valence-electron chi connectivity index (χ2n) is 6.41. The highest BCUT2D eigenvalue weighted by Gasteiger charge is 2.14. The van der Waals surface area contributed by atoms with E-state index < -0.39 is 24.0 Å². The normalized spacial score (nSPS) is 13.5. The van der Waals surface area contributed by atoms with Crippen molar-refractivity contribution in [2.75, 3.05) is 13.2 Å². The maximum atomic E-state index is 11.5. The predicted molar refractivity (Wildman–Crippen MR) is 104 cm³/mol. The average molecular weight is 394 g/mol. The second-order valence-corrected chi connectivity index (χ2v) is 6.41. The van der Waals surface area contributed by atoms with E-state index in [0.717, 1.165) is 11.9 Å². The van der Waals surface area contributed by atoms with E-state index in [1.54, 1.807) is 13.0 Å². The van der Waals surface area contributed by atoms with Gasteiger partial charge in [0.15, 0.2) is 0 Å². The van der Waals surface area contributed by atoms with Crippen LogP contribution in [-0.4, -0.2) is 43.5 Å². The molecule has 0 unspecified atom stereocenters. The zero-order chi connectivity index (χ0) is 21.5. The van der Waals surface area contributed by atoms with E-state index in [1.165, 1.54) is 20.8 Å². The van der Waals surface area contributed by atoms with Crippen molar-refractivity contribution in [3.63, 3.8) is 0 Å². The number of aldehydes is 1. The number of esters is 3. The fraction of sp³-hybridized carbons (Fsp3) is 0.524. The predicted octanol–water partition coefficient (Wildman–Crippen LogP) is 3.23. The molecule has 0 aliphatic carbocycles. The van der Waals surface area contributed by atoms with E-state index in [4.69, 9.17) is 14.2 Å². The fourth-order valence-electron chi connectivity index (χ4n) is 2.25. The highest BCUT2D eigenvalue weighted by atomic mass is 16.5. The summed E-state index contributed by atoms with van der Waals surface area (Å²) in [5.74, 6) is -1.29. The first-order valence-electron chi connectivity index (χ1n) is 9.05. The average Bonchev–Trinajstić information content (AvgIpc) is 2.58. The summed E-state index contributed by atoms with van der Waals surface area (Å²) < 4.78 is 15.3. The SMILES string of the molecule is CC(=O)OC/C=C(\COC(C)=O)C[C@H](/C=C(\C)CC/C=C(\C)C=O)OC(C)=O. The molecule has 0 N–H and O–H groups in total. The lowest BCUT2D eigenvalue weighted by Crippen LogP contribution is -2.18. The Morgan fingerprint density at radius 3 is 2.07 bits per heavy atom. The van der Waals surface area contributed by atoms with Crippen LogP contribution in [0.1, 0.15) is 53.9 Å². The topological polar surface area (TPSA) is 96.0 Å². The quantitative estimate of drug-likeness (QED) is 0.165. The summed E-state index contributed by atoms with van der Waals surface area (Å²) in [5.41, 5.74) is 2.33. The minimum Gasteiger partial charge on any atom is -0.462 e. The first kappa shape index (κ1) is 25.3. The lowest BCUT2D eigenvalue weighted by molar-refractivity contribution is -0.145. The summed E-state index contributed by atoms with van der Waals surface area (Å²) in [5, 5.41) is 0. The maximum absolute atomic E-state index is 11.5. The van der Waals surface area contributed by atoms with Gasteiger partial charge in [-0.25, -0.2) is 0 Å². The molecule has 0 bridgehead atoms. The van der Waals surface area contributed by atoms with Gasteiger partial charge in [0.25, 0.3) is 0 Å². The number of carbonyl (C=O) groups is 4. The number of hydrogen-bond acceptors (Lipinski definition) is 7. The first-order valence-corrected chi connectivity index (χ1v) is 9.05. The lowest BCUT2D eigenvalue weighted by atomic mass is 10.0. The standard InChI is InChI=1S/C21H30O7/c1-15(7-6-8-16(2)13-22)11-21(28-19(5)25)12-20(14-27-18(4)24)9-10-26-17(3)23/h8-9,11,13,21H,6-7,10,12,14H2,1-5H3/b15-11+,16-8+,20-9-/t21-/m0/s1. The zero-order valence-corrected chi connectivity index (χ0v) is 17.3. The van der Waals surface area contributed by atoms with Gasteiger partial charge in [0.2, 0.25) is 0 Å². The van der Waals surface area contributed by atoms with Crippen LogP contribution in [0.5, 0.6) is 0 Å². The highest BCUT2D eigenvalue weighted by molar-refractivity contribution is 5.71. The fourth-order valence-corrected chi connectivity index (χ4v) is 2.25. The number of allylic oxidation sites excluding steroid dienone is 3. The van der Waals surface area contributed by atoms with Crippen LogP contribution in [0.3, 0.4) is 0 Å². The smallest absolute Gasteiger partial charge is 0.303 e. The molecule has 0 radical (unpaired) electrons. The number of hydrogen-bond donors (Lipinski definition) is 0. The molecule has 0 fully saturated rings. The second kappa shape index (κ2) is 14.4. The van der Waals surface area contributed by atoms with Crippen LogP contribution in [0, 0.1) is 0 Å². The van der Waals surface area contributed by atoms with E-state index in [9.17, 15) is 19.2 Å². The van der Waals surface area contributed by atoms with E-state index in [2.05, 4.69) is 0 Å². The van der Waals surface area contributed by atoms with Gasteiger partial charge in [-0.1, -0.05) is 11.6 Å². The minimum absolute atomic E-state index is 0.0164. The molecule has 0 aliphatic heterocycles. The van der Waals surface area contributed by atoms with Crippen molar-refractivity contribution >= 4 is 24.2 Å². The number of carbonyl (C=O) groups excluding carboxylic acids is 4. The molecule has 0 saturated heterocycles. The van der Waals surface area contributed by atoms with Gasteiger partial charge >= 0.3 is 17.9 Å². The molecule has 0 saturated carbocycles. The Balaban J connectivity index is 5.19. The Bertz CT molecular complexity index is 641. The summed E-state index contributed by atoms with van der Waals surface area (Å²) >= 11 is 0. The zero-order valence-electron chi connectivity index (χ0n) is 17.3. The van der Waals surface area contributed by atoms with Gasteiger partial charge in [-0.2, -0.15) is 0 Å². The molecule has 0 spiro atoms. The molecule has 1 atom stereocenters. The number of rotatable bonds is 12. The molecule has 28 heavy (non-hydrogen) atoms. The van der Waals surface area contributed by atoms with Crippen molar-refractivity contribution in [1.82, 2.24) is 0 Å². The third-order valence-electron chi connectivity index (χ3n) is 3.56. The van der Waals surface area contributed by atoms with Crippen LogP contribution in [-0.2, 0) is 33.4 Å². The molecular formula is C21H30O7. The van der Waals surface area contributed by atoms with E-state index >= 15 is 0 Å². The Kier molecular flexibility index (Phi) is 13.0. The molecule has 0 rings (SSSR count). The summed E-state index contributed by atoms with van der Waals surface area (Å²) in [6.07, 6.45) is 7.27. The van der Waals surface area contributed by atoms with Gasteiger partial charge in [0.05, 0.1) is 0 Å². The van der Waals surface area contributed by atoms with Crippen molar-refractivity contribution in [2.24, 2.45) is 0 Å². The van der Waals surface area contributed by atoms with Crippen LogP contribution in [0.25, 0.3) is 0 Å². The summed E-state index contributed by atoms with van der Waals surface area (Å²) in [4.78, 5) is 44.1. The molecule has 0 amide bonds. The van der Waals surface area contributed by atoms with Crippen LogP contribution in [0.15, 0.2) is 34.9 Å². The number of ether oxygens (including phenoxy) is 3. The van der Waals surface area contributed by atoms with Gasteiger partial charge in [0, 0.05) is 27.2 Å². The summed E-state index contributed by atoms with van der Waals surface area (Å²) in [6.45, 7) is 7.62. The van der Waals surface area contributed by atoms with Gasteiger partial charge < -0.3 is 14.2 Å². The molecule has 0 aromatic heterocycles. The van der Waals surface area contributed by atoms with Crippen molar-refractivity contribution in [3.05, 3.63) is 34.9 Å². The van der Waals surface area contributed by atoms with E-state index in [0.29, 0.717) is 30.4 Å². The van der Waals surface area contributed by atoms with E-state index in [-0.39, 0.29) is 13.2 Å². The van der Waals surface area contributed by atoms with Gasteiger partial charge in [-0.3, -0.25) is 19.2 Å². The van der Waals surface area contributed by atoms with Gasteiger partial charge in [0.1, 0.15) is 25.6 Å². The molecule has 156 valence electrons. The Hall–Kier alpha value is -2.70. The van der Waals surface area contributed by atoms with E-state index in [1.807, 2.05) is 19.1 Å². The van der Waals surface area contributed by atoms with Gasteiger partial charge in [-0.15, -0.1) is 0 Å². The Morgan fingerprint density at radius 1 is 0.893 bits per heavy atom. The van der Waals surface area contributed by atoms with Crippen LogP contribution >= 0.6 is 0 Å². The first-order chi connectivity index (χ1) is 13.1. The Morgan fingerprint density at radius 2 is 1.54 bits per heavy atom. The largest absolute Gasteiger partial charge is 0.462 e. The van der Waals surface area contributed by atoms with Gasteiger partial charge in [-0.05, 0) is 50.0 Å². The molecule has 0 heterocycles. The monoisotopic (exact) mass is 394 g/mol. The summed E-state index contributed by atoms with van der Waals surface area (Å²) in [7, 11) is 0. The minimum atomic E-state index is -0.548. The van der Waals surface area contributed by atoms with Crippen LogP contribution in [0.4, 0.5) is 0 Å². The highest BCUT2D eigenvalue weighted by Crippen LogP contribution is 2.16. The summed E-state index contributed by atoms with van der Waals surface area (Å²) in [6, 6.07) is 0. The molecule has 7 heteroatoms. The Labute approximate surface area is 166 Å². The molecule has 0 aromatic carbocycles. The molecule has 7 nitrogen and oxygen atoms in total. The third kappa shape index (κ3) is 14.5. The van der Waals surface area contributed by atoms with Crippen molar-refractivity contribution in [2.45, 2.75) is 60.0 Å². The lowest BCUT2D eigenvalue weighted by Gasteiger charge is -2.17. The molecular weight excluding hydrogens is 364 g/mol. The third-order valence-corrected chi connectivity index (χ3v) is 3.56. The van der Waals surface area contributed by atoms with Crippen molar-refractivity contribution in [3.8, 4) is 0 Å². The van der Waals surface area contributed by atoms with Crippen molar-refractivity contribution < 1.29 is 33.4 Å².